The third-order valence-electron chi connectivity index (χ3n) is 1.90. The molecule has 20 heavy (non-hydrogen) atoms. The maximum Gasteiger partial charge on any atom is 0.490 e. The Labute approximate surface area is 126 Å². The molecule has 1 aromatic rings. The highest BCUT2D eigenvalue weighted by atomic mass is 127. The Morgan fingerprint density at radius 2 is 1.45 bits per heavy atom. The average Bonchev–Trinajstić information content (AvgIpc) is 2.38. The minimum Gasteiger partial charge on any atom is -0.496 e. The molecule has 9 heteroatoms. The molecule has 114 valence electrons. The van der Waals surface area contributed by atoms with E-state index in [0.29, 0.717) is 0 Å². The summed E-state index contributed by atoms with van der Waals surface area (Å²) in [4.78, 5) is 8.90. The molecule has 0 heterocycles. The van der Waals surface area contributed by atoms with E-state index in [-0.39, 0.29) is 0 Å². The van der Waals surface area contributed by atoms with E-state index in [1.807, 2.05) is 12.1 Å². The number of benzene rings is 1. The van der Waals surface area contributed by atoms with Crippen molar-refractivity contribution >= 4 is 28.6 Å². The van der Waals surface area contributed by atoms with Gasteiger partial charge in [-0.1, -0.05) is 0 Å². The molecule has 0 spiro atoms. The van der Waals surface area contributed by atoms with Crippen LogP contribution in [0.5, 0.6) is 17.2 Å². The topological polar surface area (TPSA) is 65.0 Å². The fourth-order valence-electron chi connectivity index (χ4n) is 0.963. The van der Waals surface area contributed by atoms with Gasteiger partial charge in [0.25, 0.3) is 0 Å². The quantitative estimate of drug-likeness (QED) is 0.780. The van der Waals surface area contributed by atoms with E-state index in [0.717, 1.165) is 20.8 Å². The van der Waals surface area contributed by atoms with Crippen molar-refractivity contribution < 1.29 is 37.3 Å². The van der Waals surface area contributed by atoms with Gasteiger partial charge in [0, 0.05) is 12.1 Å². The SMILES string of the molecule is COc1cc(OC)c(I)c(OC)c1.O=C(O)C(F)(F)F. The summed E-state index contributed by atoms with van der Waals surface area (Å²) in [7, 11) is 4.85. The molecule has 0 aromatic heterocycles. The van der Waals surface area contributed by atoms with Crippen LogP contribution in [-0.4, -0.2) is 38.6 Å². The molecule has 1 aromatic carbocycles. The first-order valence-corrected chi connectivity index (χ1v) is 6.00. The van der Waals surface area contributed by atoms with Crippen LogP contribution in [0.3, 0.4) is 0 Å². The van der Waals surface area contributed by atoms with Gasteiger partial charge in [0.05, 0.1) is 24.9 Å². The highest BCUT2D eigenvalue weighted by Gasteiger charge is 2.38. The van der Waals surface area contributed by atoms with Gasteiger partial charge in [0.15, 0.2) is 0 Å². The predicted molar refractivity (Wildman–Crippen MR) is 72.5 cm³/mol. The van der Waals surface area contributed by atoms with Crippen molar-refractivity contribution in [1.82, 2.24) is 0 Å². The molecular weight excluding hydrogens is 396 g/mol. The summed E-state index contributed by atoms with van der Waals surface area (Å²) in [5.41, 5.74) is 0. The van der Waals surface area contributed by atoms with Crippen LogP contribution in [-0.2, 0) is 4.79 Å². The molecule has 0 amide bonds. The van der Waals surface area contributed by atoms with Gasteiger partial charge in [-0.25, -0.2) is 4.79 Å². The minimum atomic E-state index is -5.08. The van der Waals surface area contributed by atoms with Crippen molar-refractivity contribution in [3.05, 3.63) is 15.7 Å². The van der Waals surface area contributed by atoms with Crippen LogP contribution in [0.1, 0.15) is 0 Å². The van der Waals surface area contributed by atoms with Gasteiger partial charge in [-0.2, -0.15) is 13.2 Å². The number of hydrogen-bond acceptors (Lipinski definition) is 4. The molecule has 0 unspecified atom stereocenters. The lowest BCUT2D eigenvalue weighted by Gasteiger charge is -2.10. The second-order valence-corrected chi connectivity index (χ2v) is 4.23. The number of alkyl halides is 3. The largest absolute Gasteiger partial charge is 0.496 e. The number of aliphatic carboxylic acids is 1. The Morgan fingerprint density at radius 1 is 1.10 bits per heavy atom. The minimum absolute atomic E-state index is 0.731. The fourth-order valence-corrected chi connectivity index (χ4v) is 1.71. The zero-order valence-corrected chi connectivity index (χ0v) is 12.9. The van der Waals surface area contributed by atoms with Gasteiger partial charge in [-0.3, -0.25) is 0 Å². The van der Waals surface area contributed by atoms with Crippen LogP contribution < -0.4 is 14.2 Å². The summed E-state index contributed by atoms with van der Waals surface area (Å²) in [5.74, 6) is -0.504. The molecule has 0 bridgehead atoms. The Bertz CT molecular complexity index is 437. The van der Waals surface area contributed by atoms with Crippen LogP contribution in [0.2, 0.25) is 0 Å². The van der Waals surface area contributed by atoms with Gasteiger partial charge < -0.3 is 19.3 Å². The van der Waals surface area contributed by atoms with Crippen LogP contribution in [0, 0.1) is 3.57 Å². The average molecular weight is 408 g/mol. The number of ether oxygens (including phenoxy) is 3. The molecule has 0 saturated carbocycles. The molecule has 5 nitrogen and oxygen atoms in total. The summed E-state index contributed by atoms with van der Waals surface area (Å²) in [6, 6.07) is 3.65. The second-order valence-electron chi connectivity index (χ2n) is 3.15. The van der Waals surface area contributed by atoms with Crippen molar-refractivity contribution in [2.24, 2.45) is 0 Å². The van der Waals surface area contributed by atoms with Crippen LogP contribution >= 0.6 is 22.6 Å². The number of carboxylic acids is 1. The van der Waals surface area contributed by atoms with Crippen molar-refractivity contribution in [2.75, 3.05) is 21.3 Å². The monoisotopic (exact) mass is 408 g/mol. The van der Waals surface area contributed by atoms with E-state index in [4.69, 9.17) is 24.1 Å². The summed E-state index contributed by atoms with van der Waals surface area (Å²) >= 11 is 2.17. The first-order chi connectivity index (χ1) is 9.17. The lowest BCUT2D eigenvalue weighted by molar-refractivity contribution is -0.192. The van der Waals surface area contributed by atoms with Gasteiger partial charge in [-0.15, -0.1) is 0 Å². The molecule has 0 aliphatic carbocycles. The molecular formula is C11H12F3IO5. The third-order valence-corrected chi connectivity index (χ3v) is 2.96. The van der Waals surface area contributed by atoms with E-state index >= 15 is 0 Å². The van der Waals surface area contributed by atoms with Crippen LogP contribution in [0.25, 0.3) is 0 Å². The van der Waals surface area contributed by atoms with Crippen molar-refractivity contribution in [3.8, 4) is 17.2 Å². The first kappa shape index (κ1) is 18.6. The van der Waals surface area contributed by atoms with E-state index in [1.165, 1.54) is 0 Å². The Balaban J connectivity index is 0.000000441. The normalized spacial score (nSPS) is 10.2. The zero-order chi connectivity index (χ0) is 15.9. The van der Waals surface area contributed by atoms with E-state index < -0.39 is 12.1 Å². The Hall–Kier alpha value is -1.39. The van der Waals surface area contributed by atoms with Crippen molar-refractivity contribution in [1.29, 1.82) is 0 Å². The number of hydrogen-bond donors (Lipinski definition) is 1. The number of carboxylic acid groups (broad SMARTS) is 1. The Kier molecular flexibility index (Phi) is 7.46. The van der Waals surface area contributed by atoms with Crippen molar-refractivity contribution in [3.63, 3.8) is 0 Å². The molecule has 0 fully saturated rings. The van der Waals surface area contributed by atoms with Gasteiger partial charge in [0.2, 0.25) is 0 Å². The molecule has 0 atom stereocenters. The maximum atomic E-state index is 10.6. The van der Waals surface area contributed by atoms with Gasteiger partial charge in [-0.05, 0) is 22.6 Å². The standard InChI is InChI=1S/C9H11IO3.C2HF3O2/c1-11-6-4-7(12-2)9(10)8(5-6)13-3;3-2(4,5)1(6)7/h4-5H,1-3H3;(H,6,7). The number of carbonyl (C=O) groups is 1. The lowest BCUT2D eigenvalue weighted by atomic mass is 10.3. The predicted octanol–water partition coefficient (Wildman–Crippen LogP) is 2.95. The highest BCUT2D eigenvalue weighted by molar-refractivity contribution is 14.1. The molecule has 0 aliphatic rings. The first-order valence-electron chi connectivity index (χ1n) is 4.93. The molecule has 1 rings (SSSR count). The van der Waals surface area contributed by atoms with Crippen molar-refractivity contribution in [2.45, 2.75) is 6.18 Å². The molecule has 0 saturated heterocycles. The summed E-state index contributed by atoms with van der Waals surface area (Å²) in [6.45, 7) is 0. The summed E-state index contributed by atoms with van der Waals surface area (Å²) in [5, 5.41) is 7.12. The van der Waals surface area contributed by atoms with Gasteiger partial charge >= 0.3 is 12.1 Å². The number of halogens is 4. The summed E-state index contributed by atoms with van der Waals surface area (Å²) in [6.07, 6.45) is -5.08. The van der Waals surface area contributed by atoms with E-state index in [9.17, 15) is 13.2 Å². The molecule has 1 N–H and O–H groups in total. The number of methoxy groups -OCH3 is 3. The summed E-state index contributed by atoms with van der Waals surface area (Å²) < 4.78 is 48.1. The molecule has 0 radical (unpaired) electrons. The van der Waals surface area contributed by atoms with Gasteiger partial charge in [0.1, 0.15) is 17.2 Å². The van der Waals surface area contributed by atoms with E-state index in [2.05, 4.69) is 22.6 Å². The highest BCUT2D eigenvalue weighted by Crippen LogP contribution is 2.34. The fraction of sp³-hybridized carbons (Fsp3) is 0.364. The number of rotatable bonds is 3. The van der Waals surface area contributed by atoms with E-state index in [1.54, 1.807) is 21.3 Å². The smallest absolute Gasteiger partial charge is 0.490 e. The second kappa shape index (κ2) is 8.02. The van der Waals surface area contributed by atoms with Crippen LogP contribution in [0.15, 0.2) is 12.1 Å². The zero-order valence-electron chi connectivity index (χ0n) is 10.7. The Morgan fingerprint density at radius 3 is 1.65 bits per heavy atom. The third kappa shape index (κ3) is 5.72. The maximum absolute atomic E-state index is 10.6. The van der Waals surface area contributed by atoms with Crippen LogP contribution in [0.4, 0.5) is 13.2 Å². The molecule has 0 aliphatic heterocycles. The lowest BCUT2D eigenvalue weighted by Crippen LogP contribution is -2.21.